The quantitative estimate of drug-likeness (QED) is 0.480. The number of hydrogen-bond acceptors (Lipinski definition) is 5. The van der Waals surface area contributed by atoms with Crippen molar-refractivity contribution in [1.82, 2.24) is 5.43 Å². The number of nitro groups is 1. The van der Waals surface area contributed by atoms with Crippen LogP contribution in [0.15, 0.2) is 53.6 Å². The number of amides is 1. The van der Waals surface area contributed by atoms with Gasteiger partial charge in [-0.15, -0.1) is 0 Å². The van der Waals surface area contributed by atoms with Gasteiger partial charge in [-0.2, -0.15) is 5.10 Å². The van der Waals surface area contributed by atoms with E-state index in [-0.39, 0.29) is 18.0 Å². The standard InChI is InChI=1S/C17H17N3O4/c1-2-24-16-6-4-3-5-14(16)12-18-19-17(21)11-13-7-9-15(10-8-13)20(22)23/h3-10,12H,2,11H2,1H3,(H,19,21)/b18-12+. The van der Waals surface area contributed by atoms with Crippen molar-refractivity contribution in [2.45, 2.75) is 13.3 Å². The summed E-state index contributed by atoms with van der Waals surface area (Å²) >= 11 is 0. The summed E-state index contributed by atoms with van der Waals surface area (Å²) in [4.78, 5) is 21.9. The van der Waals surface area contributed by atoms with Crippen LogP contribution < -0.4 is 10.2 Å². The lowest BCUT2D eigenvalue weighted by atomic mass is 10.1. The number of nitrogens with zero attached hydrogens (tertiary/aromatic N) is 2. The molecule has 24 heavy (non-hydrogen) atoms. The van der Waals surface area contributed by atoms with E-state index < -0.39 is 4.92 Å². The van der Waals surface area contributed by atoms with E-state index in [9.17, 15) is 14.9 Å². The number of para-hydroxylation sites is 1. The molecular weight excluding hydrogens is 310 g/mol. The number of nitrogens with one attached hydrogen (secondary N) is 1. The Labute approximate surface area is 139 Å². The van der Waals surface area contributed by atoms with Crippen molar-refractivity contribution in [3.63, 3.8) is 0 Å². The van der Waals surface area contributed by atoms with Crippen molar-refractivity contribution in [1.29, 1.82) is 0 Å². The molecule has 0 bridgehead atoms. The first-order valence-corrected chi connectivity index (χ1v) is 7.37. The highest BCUT2D eigenvalue weighted by molar-refractivity contribution is 5.85. The second kappa shape index (κ2) is 8.42. The molecule has 0 aliphatic rings. The summed E-state index contributed by atoms with van der Waals surface area (Å²) in [5.74, 6) is 0.377. The van der Waals surface area contributed by atoms with Gasteiger partial charge in [-0.05, 0) is 24.6 Å². The van der Waals surface area contributed by atoms with Crippen LogP contribution in [0.4, 0.5) is 5.69 Å². The Morgan fingerprint density at radius 1 is 1.25 bits per heavy atom. The smallest absolute Gasteiger partial charge is 0.269 e. The Morgan fingerprint density at radius 2 is 1.96 bits per heavy atom. The van der Waals surface area contributed by atoms with E-state index in [1.807, 2.05) is 31.2 Å². The lowest BCUT2D eigenvalue weighted by Gasteiger charge is -2.05. The van der Waals surface area contributed by atoms with Gasteiger partial charge in [0.15, 0.2) is 0 Å². The summed E-state index contributed by atoms with van der Waals surface area (Å²) in [7, 11) is 0. The lowest BCUT2D eigenvalue weighted by Crippen LogP contribution is -2.19. The van der Waals surface area contributed by atoms with Gasteiger partial charge in [-0.25, -0.2) is 5.43 Å². The average molecular weight is 327 g/mol. The number of hydrazone groups is 1. The molecule has 0 aliphatic heterocycles. The molecule has 2 rings (SSSR count). The highest BCUT2D eigenvalue weighted by atomic mass is 16.6. The summed E-state index contributed by atoms with van der Waals surface area (Å²) in [5, 5.41) is 14.5. The van der Waals surface area contributed by atoms with E-state index in [0.29, 0.717) is 17.9 Å². The fraction of sp³-hybridized carbons (Fsp3) is 0.176. The molecule has 0 spiro atoms. The first-order valence-electron chi connectivity index (χ1n) is 7.37. The number of ether oxygens (including phenoxy) is 1. The van der Waals surface area contributed by atoms with Crippen molar-refractivity contribution in [2.75, 3.05) is 6.61 Å². The van der Waals surface area contributed by atoms with E-state index in [1.165, 1.54) is 18.3 Å². The number of nitro benzene ring substituents is 1. The summed E-state index contributed by atoms with van der Waals surface area (Å²) in [6, 6.07) is 13.2. The van der Waals surface area contributed by atoms with Crippen molar-refractivity contribution < 1.29 is 14.5 Å². The van der Waals surface area contributed by atoms with Gasteiger partial charge in [0.05, 0.1) is 24.2 Å². The van der Waals surface area contributed by atoms with Gasteiger partial charge < -0.3 is 4.74 Å². The number of carbonyl (C=O) groups excluding carboxylic acids is 1. The molecule has 2 aromatic carbocycles. The van der Waals surface area contributed by atoms with Gasteiger partial charge in [0.2, 0.25) is 5.91 Å². The maximum absolute atomic E-state index is 11.8. The highest BCUT2D eigenvalue weighted by Gasteiger charge is 2.07. The zero-order chi connectivity index (χ0) is 17.4. The molecule has 0 heterocycles. The van der Waals surface area contributed by atoms with E-state index in [4.69, 9.17) is 4.74 Å². The molecule has 1 amide bonds. The van der Waals surface area contributed by atoms with Gasteiger partial charge in [-0.3, -0.25) is 14.9 Å². The minimum Gasteiger partial charge on any atom is -0.493 e. The monoisotopic (exact) mass is 327 g/mol. The normalized spacial score (nSPS) is 10.5. The first-order chi connectivity index (χ1) is 11.6. The zero-order valence-electron chi connectivity index (χ0n) is 13.1. The minimum absolute atomic E-state index is 0.00953. The summed E-state index contributed by atoms with van der Waals surface area (Å²) < 4.78 is 5.46. The third kappa shape index (κ3) is 4.91. The maximum Gasteiger partial charge on any atom is 0.269 e. The van der Waals surface area contributed by atoms with Crippen LogP contribution in [0.3, 0.4) is 0 Å². The molecule has 124 valence electrons. The molecule has 7 heteroatoms. The van der Waals surface area contributed by atoms with Crippen molar-refractivity contribution in [3.05, 3.63) is 69.8 Å². The molecule has 7 nitrogen and oxygen atoms in total. The maximum atomic E-state index is 11.8. The van der Waals surface area contributed by atoms with Gasteiger partial charge in [0.1, 0.15) is 5.75 Å². The molecule has 0 unspecified atom stereocenters. The number of rotatable bonds is 7. The van der Waals surface area contributed by atoms with Gasteiger partial charge in [-0.1, -0.05) is 24.3 Å². The minimum atomic E-state index is -0.482. The van der Waals surface area contributed by atoms with Crippen LogP contribution in [-0.2, 0) is 11.2 Å². The van der Waals surface area contributed by atoms with Crippen molar-refractivity contribution >= 4 is 17.8 Å². The van der Waals surface area contributed by atoms with E-state index >= 15 is 0 Å². The van der Waals surface area contributed by atoms with Crippen LogP contribution in [0.5, 0.6) is 5.75 Å². The molecule has 0 fully saturated rings. The second-order valence-electron chi connectivity index (χ2n) is 4.86. The van der Waals surface area contributed by atoms with Crippen LogP contribution in [0.2, 0.25) is 0 Å². The SMILES string of the molecule is CCOc1ccccc1/C=N/NC(=O)Cc1ccc([N+](=O)[O-])cc1. The molecule has 0 aromatic heterocycles. The van der Waals surface area contributed by atoms with Crippen LogP contribution in [0.25, 0.3) is 0 Å². The third-order valence-electron chi connectivity index (χ3n) is 3.12. The van der Waals surface area contributed by atoms with Gasteiger partial charge in [0, 0.05) is 17.7 Å². The van der Waals surface area contributed by atoms with E-state index in [0.717, 1.165) is 5.56 Å². The molecule has 0 radical (unpaired) electrons. The molecule has 2 aromatic rings. The molecule has 0 saturated carbocycles. The molecular formula is C17H17N3O4. The summed E-state index contributed by atoms with van der Waals surface area (Å²) in [6.07, 6.45) is 1.60. The molecule has 0 atom stereocenters. The number of carbonyl (C=O) groups is 1. The Bertz CT molecular complexity index is 742. The van der Waals surface area contributed by atoms with Crippen LogP contribution in [0.1, 0.15) is 18.1 Å². The fourth-order valence-corrected chi connectivity index (χ4v) is 2.01. The molecule has 1 N–H and O–H groups in total. The van der Waals surface area contributed by atoms with Gasteiger partial charge >= 0.3 is 0 Å². The lowest BCUT2D eigenvalue weighted by molar-refractivity contribution is -0.384. The van der Waals surface area contributed by atoms with Crippen molar-refractivity contribution in [2.24, 2.45) is 5.10 Å². The summed E-state index contributed by atoms with van der Waals surface area (Å²) in [5.41, 5.74) is 3.85. The Kier molecular flexibility index (Phi) is 6.01. The molecule has 0 saturated heterocycles. The number of hydrogen-bond donors (Lipinski definition) is 1. The Balaban J connectivity index is 1.92. The Hall–Kier alpha value is -3.22. The highest BCUT2D eigenvalue weighted by Crippen LogP contribution is 2.15. The molecule has 0 aliphatic carbocycles. The largest absolute Gasteiger partial charge is 0.493 e. The average Bonchev–Trinajstić information content (AvgIpc) is 2.57. The predicted molar refractivity (Wildman–Crippen MR) is 90.1 cm³/mol. The van der Waals surface area contributed by atoms with Crippen LogP contribution in [0, 0.1) is 10.1 Å². The van der Waals surface area contributed by atoms with Crippen LogP contribution in [-0.4, -0.2) is 23.7 Å². The zero-order valence-corrected chi connectivity index (χ0v) is 13.1. The van der Waals surface area contributed by atoms with E-state index in [2.05, 4.69) is 10.5 Å². The van der Waals surface area contributed by atoms with Gasteiger partial charge in [0.25, 0.3) is 5.69 Å². The Morgan fingerprint density at radius 3 is 2.62 bits per heavy atom. The van der Waals surface area contributed by atoms with E-state index in [1.54, 1.807) is 12.1 Å². The van der Waals surface area contributed by atoms with Crippen LogP contribution >= 0.6 is 0 Å². The predicted octanol–water partition coefficient (Wildman–Crippen LogP) is 2.69. The first kappa shape index (κ1) is 17.1. The van der Waals surface area contributed by atoms with Crippen molar-refractivity contribution in [3.8, 4) is 5.75 Å². The number of benzene rings is 2. The third-order valence-corrected chi connectivity index (χ3v) is 3.12. The number of non-ortho nitro benzene ring substituents is 1. The fourth-order valence-electron chi connectivity index (χ4n) is 2.01. The topological polar surface area (TPSA) is 93.8 Å². The second-order valence-corrected chi connectivity index (χ2v) is 4.86. The summed E-state index contributed by atoms with van der Waals surface area (Å²) in [6.45, 7) is 2.43.